The number of fused-ring (bicyclic) bond motifs is 8. The summed E-state index contributed by atoms with van der Waals surface area (Å²) in [7, 11) is 0. The van der Waals surface area contributed by atoms with Crippen molar-refractivity contribution in [3.05, 3.63) is 218 Å². The summed E-state index contributed by atoms with van der Waals surface area (Å²) in [6.07, 6.45) is 0. The first-order valence-corrected chi connectivity index (χ1v) is 20.0. The Kier molecular flexibility index (Phi) is 7.26. The third-order valence-electron chi connectivity index (χ3n) is 12.1. The van der Waals surface area contributed by atoms with Gasteiger partial charge < -0.3 is 9.13 Å². The maximum Gasteiger partial charge on any atom is 0.0541 e. The Morgan fingerprint density at radius 1 is 0.207 bits per heavy atom. The van der Waals surface area contributed by atoms with E-state index in [1.54, 1.807) is 0 Å². The van der Waals surface area contributed by atoms with Crippen LogP contribution in [-0.4, -0.2) is 9.13 Å². The highest BCUT2D eigenvalue weighted by atomic mass is 15.0. The molecule has 0 fully saturated rings. The second kappa shape index (κ2) is 12.9. The van der Waals surface area contributed by atoms with Gasteiger partial charge in [0.1, 0.15) is 0 Å². The van der Waals surface area contributed by atoms with Gasteiger partial charge in [0.15, 0.2) is 0 Å². The van der Waals surface area contributed by atoms with Gasteiger partial charge in [0.2, 0.25) is 0 Å². The minimum Gasteiger partial charge on any atom is -0.309 e. The summed E-state index contributed by atoms with van der Waals surface area (Å²) in [5.74, 6) is 0. The highest BCUT2D eigenvalue weighted by molar-refractivity contribution is 6.21. The first kappa shape index (κ1) is 32.6. The number of hydrogen-bond donors (Lipinski definition) is 0. The number of para-hydroxylation sites is 4. The van der Waals surface area contributed by atoms with Gasteiger partial charge in [0.25, 0.3) is 0 Å². The van der Waals surface area contributed by atoms with Crippen LogP contribution in [0.2, 0.25) is 0 Å². The van der Waals surface area contributed by atoms with E-state index in [4.69, 9.17) is 0 Å². The molecule has 2 heterocycles. The van der Waals surface area contributed by atoms with Crippen molar-refractivity contribution in [2.75, 3.05) is 0 Å². The Balaban J connectivity index is 1.09. The molecule has 0 unspecified atom stereocenters. The van der Waals surface area contributed by atoms with Gasteiger partial charge >= 0.3 is 0 Å². The molecule has 2 aromatic heterocycles. The lowest BCUT2D eigenvalue weighted by molar-refractivity contribution is 1.13. The Morgan fingerprint density at radius 3 is 0.879 bits per heavy atom. The first-order chi connectivity index (χ1) is 28.8. The predicted molar refractivity (Wildman–Crippen MR) is 246 cm³/mol. The average molecular weight is 737 g/mol. The lowest BCUT2D eigenvalue weighted by atomic mass is 9.86. The Labute approximate surface area is 336 Å². The minimum absolute atomic E-state index is 1.13. The van der Waals surface area contributed by atoms with Crippen LogP contribution in [0.3, 0.4) is 0 Å². The fourth-order valence-corrected chi connectivity index (χ4v) is 9.61. The smallest absolute Gasteiger partial charge is 0.0541 e. The highest BCUT2D eigenvalue weighted by Gasteiger charge is 2.19. The van der Waals surface area contributed by atoms with Crippen molar-refractivity contribution in [1.29, 1.82) is 0 Å². The SMILES string of the molecule is c1ccc(-c2c3ccccc3c(-c3ccc(-c4cc(-n5c6ccccc6c6ccccc65)cc(-n5c6ccccc6c6ccccc65)c4)cc3)c3ccccc23)cc1. The first-order valence-electron chi connectivity index (χ1n) is 20.0. The summed E-state index contributed by atoms with van der Waals surface area (Å²) in [5, 5.41) is 10.1. The van der Waals surface area contributed by atoms with E-state index >= 15 is 0 Å². The molecule has 0 atom stereocenters. The average Bonchev–Trinajstić information content (AvgIpc) is 3.82. The van der Waals surface area contributed by atoms with E-state index < -0.39 is 0 Å². The molecule has 0 aliphatic rings. The molecule has 2 heteroatoms. The lowest BCUT2D eigenvalue weighted by Gasteiger charge is -2.18. The van der Waals surface area contributed by atoms with E-state index in [1.807, 2.05) is 0 Å². The van der Waals surface area contributed by atoms with Crippen LogP contribution in [0, 0.1) is 0 Å². The molecule has 0 saturated carbocycles. The standard InChI is InChI=1S/C56H36N2/c1-2-16-38(17-3-1)55-47-22-4-6-24-49(47)56(50-25-7-5-23-48(50)55)39-32-30-37(31-33-39)40-34-41(57-51-26-12-8-18-43(51)44-19-9-13-27-52(44)57)36-42(35-40)58-53-28-14-10-20-45(53)46-21-11-15-29-54(46)58/h1-36H. The van der Waals surface area contributed by atoms with Crippen LogP contribution in [-0.2, 0) is 0 Å². The molecule has 12 aromatic rings. The summed E-state index contributed by atoms with van der Waals surface area (Å²) in [6, 6.07) is 80.0. The normalized spacial score (nSPS) is 11.8. The van der Waals surface area contributed by atoms with Gasteiger partial charge in [-0.3, -0.25) is 0 Å². The third-order valence-corrected chi connectivity index (χ3v) is 12.1. The van der Waals surface area contributed by atoms with Gasteiger partial charge in [-0.25, -0.2) is 0 Å². The molecule has 10 aromatic carbocycles. The topological polar surface area (TPSA) is 9.86 Å². The molecule has 12 rings (SSSR count). The highest BCUT2D eigenvalue weighted by Crippen LogP contribution is 2.44. The molecule has 0 bridgehead atoms. The van der Waals surface area contributed by atoms with Gasteiger partial charge in [-0.15, -0.1) is 0 Å². The fraction of sp³-hybridized carbons (Fsp3) is 0. The Bertz CT molecular complexity index is 3250. The molecular formula is C56H36N2. The summed E-state index contributed by atoms with van der Waals surface area (Å²) < 4.78 is 4.87. The molecule has 0 spiro atoms. The monoisotopic (exact) mass is 736 g/mol. The molecule has 0 amide bonds. The molecule has 58 heavy (non-hydrogen) atoms. The molecule has 0 aliphatic carbocycles. The largest absolute Gasteiger partial charge is 0.309 e. The Hall–Kier alpha value is -7.68. The number of aromatic nitrogens is 2. The second-order valence-corrected chi connectivity index (χ2v) is 15.3. The van der Waals surface area contributed by atoms with E-state index in [2.05, 4.69) is 228 Å². The van der Waals surface area contributed by atoms with Crippen LogP contribution in [0.5, 0.6) is 0 Å². The van der Waals surface area contributed by atoms with Crippen molar-refractivity contribution in [3.63, 3.8) is 0 Å². The number of hydrogen-bond acceptors (Lipinski definition) is 0. The van der Waals surface area contributed by atoms with Crippen LogP contribution in [0.25, 0.3) is 110 Å². The second-order valence-electron chi connectivity index (χ2n) is 15.3. The third kappa shape index (κ3) is 4.92. The molecule has 0 saturated heterocycles. The summed E-state index contributed by atoms with van der Waals surface area (Å²) >= 11 is 0. The molecule has 2 nitrogen and oxygen atoms in total. The van der Waals surface area contributed by atoms with E-state index in [0.29, 0.717) is 0 Å². The van der Waals surface area contributed by atoms with Crippen LogP contribution < -0.4 is 0 Å². The van der Waals surface area contributed by atoms with Crippen LogP contribution in [0.4, 0.5) is 0 Å². The van der Waals surface area contributed by atoms with Gasteiger partial charge in [0.05, 0.1) is 22.1 Å². The summed E-state index contributed by atoms with van der Waals surface area (Å²) in [4.78, 5) is 0. The molecule has 0 N–H and O–H groups in total. The van der Waals surface area contributed by atoms with E-state index in [1.165, 1.54) is 93.0 Å². The summed E-state index contributed by atoms with van der Waals surface area (Å²) in [6.45, 7) is 0. The Morgan fingerprint density at radius 2 is 0.500 bits per heavy atom. The van der Waals surface area contributed by atoms with Crippen molar-refractivity contribution in [3.8, 4) is 44.8 Å². The van der Waals surface area contributed by atoms with Crippen LogP contribution in [0.15, 0.2) is 218 Å². The van der Waals surface area contributed by atoms with Crippen LogP contribution >= 0.6 is 0 Å². The van der Waals surface area contributed by atoms with Crippen molar-refractivity contribution in [2.24, 2.45) is 0 Å². The zero-order valence-electron chi connectivity index (χ0n) is 31.7. The van der Waals surface area contributed by atoms with Gasteiger partial charge in [0, 0.05) is 32.9 Å². The summed E-state index contributed by atoms with van der Waals surface area (Å²) in [5.41, 5.74) is 14.4. The number of benzene rings is 10. The number of nitrogens with zero attached hydrogens (tertiary/aromatic N) is 2. The zero-order chi connectivity index (χ0) is 38.2. The molecule has 0 aliphatic heterocycles. The maximum absolute atomic E-state index is 2.44. The molecular weight excluding hydrogens is 701 g/mol. The van der Waals surface area contributed by atoms with Gasteiger partial charge in [-0.05, 0) is 97.4 Å². The number of rotatable bonds is 5. The van der Waals surface area contributed by atoms with E-state index in [0.717, 1.165) is 16.9 Å². The van der Waals surface area contributed by atoms with E-state index in [-0.39, 0.29) is 0 Å². The predicted octanol–water partition coefficient (Wildman–Crippen LogP) is 15.2. The maximum atomic E-state index is 2.44. The molecule has 270 valence electrons. The van der Waals surface area contributed by atoms with Crippen molar-refractivity contribution < 1.29 is 0 Å². The van der Waals surface area contributed by atoms with Crippen molar-refractivity contribution >= 4 is 65.2 Å². The van der Waals surface area contributed by atoms with Gasteiger partial charge in [-0.1, -0.05) is 176 Å². The van der Waals surface area contributed by atoms with Crippen LogP contribution in [0.1, 0.15) is 0 Å². The van der Waals surface area contributed by atoms with Crippen molar-refractivity contribution in [2.45, 2.75) is 0 Å². The lowest BCUT2D eigenvalue weighted by Crippen LogP contribution is -2.00. The quantitative estimate of drug-likeness (QED) is 0.156. The molecule has 0 radical (unpaired) electrons. The van der Waals surface area contributed by atoms with E-state index in [9.17, 15) is 0 Å². The minimum atomic E-state index is 1.13. The van der Waals surface area contributed by atoms with Gasteiger partial charge in [-0.2, -0.15) is 0 Å². The van der Waals surface area contributed by atoms with Crippen molar-refractivity contribution in [1.82, 2.24) is 9.13 Å². The zero-order valence-corrected chi connectivity index (χ0v) is 31.7. The fourth-order valence-electron chi connectivity index (χ4n) is 9.61.